The number of aliphatic carboxylic acids is 1. The van der Waals surface area contributed by atoms with Gasteiger partial charge in [-0.25, -0.2) is 4.79 Å². The molecule has 1 atom stereocenters. The van der Waals surface area contributed by atoms with Crippen LogP contribution in [0.3, 0.4) is 0 Å². The number of ether oxygens (including phenoxy) is 1. The molecule has 3 N–H and O–H groups in total. The molecule has 6 nitrogen and oxygen atoms in total. The average molecular weight is 246 g/mol. The van der Waals surface area contributed by atoms with Crippen molar-refractivity contribution in [3.63, 3.8) is 0 Å². The van der Waals surface area contributed by atoms with Gasteiger partial charge in [-0.2, -0.15) is 0 Å². The highest BCUT2D eigenvalue weighted by atomic mass is 16.5. The van der Waals surface area contributed by atoms with Gasteiger partial charge in [-0.15, -0.1) is 0 Å². The number of rotatable bonds is 7. The maximum absolute atomic E-state index is 11.5. The predicted molar refractivity (Wildman–Crippen MR) is 63.8 cm³/mol. The van der Waals surface area contributed by atoms with Crippen molar-refractivity contribution in [1.29, 1.82) is 0 Å². The summed E-state index contributed by atoms with van der Waals surface area (Å²) in [7, 11) is 1.57. The van der Waals surface area contributed by atoms with E-state index in [1.165, 1.54) is 0 Å². The Bertz CT molecular complexity index is 261. The fourth-order valence-electron chi connectivity index (χ4n) is 1.24. The van der Waals surface area contributed by atoms with Gasteiger partial charge in [0.25, 0.3) is 0 Å². The zero-order valence-corrected chi connectivity index (χ0v) is 10.9. The third-order valence-corrected chi connectivity index (χ3v) is 2.19. The van der Waals surface area contributed by atoms with Gasteiger partial charge in [-0.3, -0.25) is 4.79 Å². The first kappa shape index (κ1) is 15.9. The Morgan fingerprint density at radius 2 is 1.94 bits per heavy atom. The normalized spacial score (nSPS) is 13.2. The van der Waals surface area contributed by atoms with Crippen LogP contribution in [0, 0.1) is 5.41 Å². The first-order chi connectivity index (χ1) is 7.79. The summed E-state index contributed by atoms with van der Waals surface area (Å²) < 4.78 is 4.81. The molecule has 0 bridgehead atoms. The van der Waals surface area contributed by atoms with Gasteiger partial charge in [-0.1, -0.05) is 20.8 Å². The molecule has 0 radical (unpaired) electrons. The number of amides is 1. The third-order valence-electron chi connectivity index (χ3n) is 2.19. The minimum Gasteiger partial charge on any atom is -0.480 e. The van der Waals surface area contributed by atoms with Crippen LogP contribution in [0.1, 0.15) is 20.8 Å². The molecule has 0 aromatic carbocycles. The zero-order chi connectivity index (χ0) is 13.5. The molecule has 0 saturated carbocycles. The van der Waals surface area contributed by atoms with Gasteiger partial charge in [0.05, 0.1) is 13.2 Å². The second-order valence-electron chi connectivity index (χ2n) is 4.87. The Balaban J connectivity index is 4.11. The summed E-state index contributed by atoms with van der Waals surface area (Å²) in [5, 5.41) is 14.4. The number of hydrogen-bond acceptors (Lipinski definition) is 4. The number of methoxy groups -OCH3 is 1. The lowest BCUT2D eigenvalue weighted by atomic mass is 9.87. The highest BCUT2D eigenvalue weighted by Crippen LogP contribution is 2.19. The molecule has 0 aliphatic rings. The van der Waals surface area contributed by atoms with Crippen molar-refractivity contribution in [1.82, 2.24) is 10.6 Å². The lowest BCUT2D eigenvalue weighted by molar-refractivity contribution is -0.144. The number of carbonyl (C=O) groups is 2. The van der Waals surface area contributed by atoms with E-state index in [1.54, 1.807) is 27.9 Å². The number of hydrogen-bond donors (Lipinski definition) is 3. The van der Waals surface area contributed by atoms with E-state index >= 15 is 0 Å². The van der Waals surface area contributed by atoms with Crippen molar-refractivity contribution in [2.75, 3.05) is 26.8 Å². The number of carbonyl (C=O) groups excluding carboxylic acids is 1. The number of nitrogens with one attached hydrogen (secondary N) is 2. The smallest absolute Gasteiger partial charge is 0.326 e. The molecule has 0 saturated heterocycles. The van der Waals surface area contributed by atoms with Crippen LogP contribution in [0.2, 0.25) is 0 Å². The first-order valence-corrected chi connectivity index (χ1v) is 5.51. The summed E-state index contributed by atoms with van der Waals surface area (Å²) in [5.41, 5.74) is -0.520. The Hall–Kier alpha value is -1.14. The highest BCUT2D eigenvalue weighted by Gasteiger charge is 2.32. The fraction of sp³-hybridized carbons (Fsp3) is 0.818. The summed E-state index contributed by atoms with van der Waals surface area (Å²) in [6.07, 6.45) is 0. The van der Waals surface area contributed by atoms with Crippen molar-refractivity contribution >= 4 is 11.9 Å². The maximum atomic E-state index is 11.5. The maximum Gasteiger partial charge on any atom is 0.326 e. The Labute approximate surface area is 102 Å². The van der Waals surface area contributed by atoms with Crippen molar-refractivity contribution in [2.45, 2.75) is 26.8 Å². The molecule has 0 spiro atoms. The lowest BCUT2D eigenvalue weighted by Gasteiger charge is -2.27. The molecule has 1 amide bonds. The molecule has 100 valence electrons. The Morgan fingerprint density at radius 3 is 2.35 bits per heavy atom. The molecular formula is C11H22N2O4. The number of carboxylic acids is 1. The minimum atomic E-state index is -1.03. The SMILES string of the molecule is COCCNCC(=O)NC(C(=O)O)C(C)(C)C. The Morgan fingerprint density at radius 1 is 1.35 bits per heavy atom. The van der Waals surface area contributed by atoms with E-state index in [9.17, 15) is 9.59 Å². The van der Waals surface area contributed by atoms with Crippen LogP contribution in [0.25, 0.3) is 0 Å². The monoisotopic (exact) mass is 246 g/mol. The van der Waals surface area contributed by atoms with Crippen LogP contribution in [-0.2, 0) is 14.3 Å². The second-order valence-corrected chi connectivity index (χ2v) is 4.87. The summed E-state index contributed by atoms with van der Waals surface area (Å²) in [5.74, 6) is -1.36. The quantitative estimate of drug-likeness (QED) is 0.543. The van der Waals surface area contributed by atoms with Gasteiger partial charge in [0.15, 0.2) is 0 Å². The average Bonchev–Trinajstić information content (AvgIpc) is 2.19. The largest absolute Gasteiger partial charge is 0.480 e. The molecule has 0 fully saturated rings. The van der Waals surface area contributed by atoms with Gasteiger partial charge >= 0.3 is 5.97 Å². The summed E-state index contributed by atoms with van der Waals surface area (Å²) in [6.45, 7) is 6.45. The molecular weight excluding hydrogens is 224 g/mol. The molecule has 0 aromatic rings. The standard InChI is InChI=1S/C11H22N2O4/c1-11(2,3)9(10(15)16)13-8(14)7-12-5-6-17-4/h9,12H,5-7H2,1-4H3,(H,13,14)(H,15,16). The minimum absolute atomic E-state index is 0.0865. The van der Waals surface area contributed by atoms with Gasteiger partial charge in [-0.05, 0) is 5.41 Å². The fourth-order valence-corrected chi connectivity index (χ4v) is 1.24. The van der Waals surface area contributed by atoms with Crippen LogP contribution in [0.15, 0.2) is 0 Å². The molecule has 0 aliphatic heterocycles. The molecule has 0 rings (SSSR count). The van der Waals surface area contributed by atoms with Crippen LogP contribution in [0.4, 0.5) is 0 Å². The molecule has 6 heteroatoms. The summed E-state index contributed by atoms with van der Waals surface area (Å²) >= 11 is 0. The van der Waals surface area contributed by atoms with Gasteiger partial charge in [0.2, 0.25) is 5.91 Å². The molecule has 1 unspecified atom stereocenters. The van der Waals surface area contributed by atoms with Crippen molar-refractivity contribution < 1.29 is 19.4 Å². The van der Waals surface area contributed by atoms with E-state index in [0.29, 0.717) is 13.2 Å². The topological polar surface area (TPSA) is 87.7 Å². The van der Waals surface area contributed by atoms with Gasteiger partial charge in [0, 0.05) is 13.7 Å². The number of carboxylic acid groups (broad SMARTS) is 1. The predicted octanol–water partition coefficient (Wildman–Crippen LogP) is -0.162. The van der Waals surface area contributed by atoms with Crippen molar-refractivity contribution in [2.24, 2.45) is 5.41 Å². The summed E-state index contributed by atoms with van der Waals surface area (Å²) in [4.78, 5) is 22.5. The lowest BCUT2D eigenvalue weighted by Crippen LogP contribution is -2.51. The molecule has 0 aliphatic carbocycles. The van der Waals surface area contributed by atoms with Gasteiger partial charge in [0.1, 0.15) is 6.04 Å². The van der Waals surface area contributed by atoms with Crippen LogP contribution >= 0.6 is 0 Å². The van der Waals surface area contributed by atoms with Crippen LogP contribution < -0.4 is 10.6 Å². The van der Waals surface area contributed by atoms with Gasteiger partial charge < -0.3 is 20.5 Å². The molecule has 17 heavy (non-hydrogen) atoms. The van der Waals surface area contributed by atoms with Crippen LogP contribution in [-0.4, -0.2) is 49.8 Å². The third kappa shape index (κ3) is 6.91. The zero-order valence-electron chi connectivity index (χ0n) is 10.9. The summed E-state index contributed by atoms with van der Waals surface area (Å²) in [6, 6.07) is -0.890. The Kier molecular flexibility index (Phi) is 6.75. The van der Waals surface area contributed by atoms with Crippen molar-refractivity contribution in [3.8, 4) is 0 Å². The van der Waals surface area contributed by atoms with E-state index in [-0.39, 0.29) is 12.5 Å². The van der Waals surface area contributed by atoms with Crippen LogP contribution in [0.5, 0.6) is 0 Å². The van der Waals surface area contributed by atoms with E-state index in [1.807, 2.05) is 0 Å². The van der Waals surface area contributed by atoms with E-state index in [4.69, 9.17) is 9.84 Å². The van der Waals surface area contributed by atoms with E-state index in [2.05, 4.69) is 10.6 Å². The highest BCUT2D eigenvalue weighted by molar-refractivity contribution is 5.85. The second kappa shape index (κ2) is 7.24. The van der Waals surface area contributed by atoms with Crippen molar-refractivity contribution in [3.05, 3.63) is 0 Å². The first-order valence-electron chi connectivity index (χ1n) is 5.51. The molecule has 0 heterocycles. The van der Waals surface area contributed by atoms with E-state index in [0.717, 1.165) is 0 Å². The van der Waals surface area contributed by atoms with E-state index < -0.39 is 17.4 Å². The molecule has 0 aromatic heterocycles.